The number of hydrogen-bond acceptors (Lipinski definition) is 1. The summed E-state index contributed by atoms with van der Waals surface area (Å²) in [7, 11) is 1.71. The Bertz CT molecular complexity index is 253. The first kappa shape index (κ1) is 10.1. The van der Waals surface area contributed by atoms with Gasteiger partial charge in [-0.2, -0.15) is 0 Å². The molecule has 0 unspecified atom stereocenters. The molecule has 0 saturated heterocycles. The first-order chi connectivity index (χ1) is 6.22. The van der Waals surface area contributed by atoms with Gasteiger partial charge in [-0.05, 0) is 36.5 Å². The summed E-state index contributed by atoms with van der Waals surface area (Å²) in [6.07, 6.45) is 2.39. The lowest BCUT2D eigenvalue weighted by molar-refractivity contribution is 0.414. The topological polar surface area (TPSA) is 9.23 Å². The summed E-state index contributed by atoms with van der Waals surface area (Å²) in [6.45, 7) is 4.50. The van der Waals surface area contributed by atoms with E-state index in [1.54, 1.807) is 7.11 Å². The molecule has 0 amide bonds. The van der Waals surface area contributed by atoms with Gasteiger partial charge in [-0.3, -0.25) is 0 Å². The van der Waals surface area contributed by atoms with Crippen LogP contribution in [0.1, 0.15) is 25.8 Å². The van der Waals surface area contributed by atoms with Gasteiger partial charge in [0.05, 0.1) is 7.11 Å². The molecule has 1 rings (SSSR count). The molecule has 0 saturated carbocycles. The zero-order valence-electron chi connectivity index (χ0n) is 8.71. The number of ether oxygens (including phenoxy) is 1. The molecule has 0 spiro atoms. The van der Waals surface area contributed by atoms with Gasteiger partial charge in [0, 0.05) is 0 Å². The normalized spacial score (nSPS) is 10.5. The van der Waals surface area contributed by atoms with Crippen LogP contribution in [0.3, 0.4) is 0 Å². The van der Waals surface area contributed by atoms with Gasteiger partial charge in [0.2, 0.25) is 0 Å². The van der Waals surface area contributed by atoms with Crippen LogP contribution in [0.2, 0.25) is 0 Å². The van der Waals surface area contributed by atoms with Crippen molar-refractivity contribution in [2.75, 3.05) is 7.11 Å². The molecule has 0 N–H and O–H groups in total. The van der Waals surface area contributed by atoms with E-state index in [-0.39, 0.29) is 0 Å². The highest BCUT2D eigenvalue weighted by Gasteiger charge is 1.98. The van der Waals surface area contributed by atoms with Crippen molar-refractivity contribution in [3.05, 3.63) is 29.8 Å². The third-order valence-corrected chi connectivity index (χ3v) is 2.14. The second-order valence-electron chi connectivity index (χ2n) is 3.78. The maximum atomic E-state index is 5.16. The van der Waals surface area contributed by atoms with Crippen LogP contribution in [-0.2, 0) is 6.42 Å². The number of methoxy groups -OCH3 is 1. The maximum absolute atomic E-state index is 5.16. The predicted octanol–water partition coefficient (Wildman–Crippen LogP) is 3.28. The highest BCUT2D eigenvalue weighted by molar-refractivity contribution is 5.28. The van der Waals surface area contributed by atoms with Crippen LogP contribution in [0.4, 0.5) is 0 Å². The van der Waals surface area contributed by atoms with Crippen LogP contribution < -0.4 is 4.74 Å². The molecule has 0 bridgehead atoms. The standard InChI is InChI=1S/C12H18O/c1-10(2)7-8-11-5-4-6-12(9-11)13-3/h4-6,9-10H,7-8H2,1-3H3. The molecule has 1 nitrogen and oxygen atoms in total. The van der Waals surface area contributed by atoms with Gasteiger partial charge in [0.15, 0.2) is 0 Å². The fourth-order valence-electron chi connectivity index (χ4n) is 1.28. The molecule has 0 heterocycles. The fourth-order valence-corrected chi connectivity index (χ4v) is 1.28. The van der Waals surface area contributed by atoms with E-state index in [4.69, 9.17) is 4.74 Å². The van der Waals surface area contributed by atoms with E-state index in [2.05, 4.69) is 32.0 Å². The SMILES string of the molecule is COc1cccc(CCC(C)C)c1. The summed E-state index contributed by atoms with van der Waals surface area (Å²) in [6, 6.07) is 8.31. The Balaban J connectivity index is 2.56. The number of rotatable bonds is 4. The highest BCUT2D eigenvalue weighted by Crippen LogP contribution is 2.15. The van der Waals surface area contributed by atoms with E-state index < -0.39 is 0 Å². The minimum atomic E-state index is 0.770. The van der Waals surface area contributed by atoms with Crippen molar-refractivity contribution in [1.82, 2.24) is 0 Å². The third kappa shape index (κ3) is 3.49. The Morgan fingerprint density at radius 1 is 1.31 bits per heavy atom. The van der Waals surface area contributed by atoms with E-state index >= 15 is 0 Å². The lowest BCUT2D eigenvalue weighted by Crippen LogP contribution is -1.92. The summed E-state index contributed by atoms with van der Waals surface area (Å²) in [5.41, 5.74) is 1.37. The van der Waals surface area contributed by atoms with Gasteiger partial charge in [-0.15, -0.1) is 0 Å². The molecule has 1 aromatic carbocycles. The van der Waals surface area contributed by atoms with E-state index in [0.29, 0.717) is 0 Å². The van der Waals surface area contributed by atoms with E-state index in [0.717, 1.165) is 18.1 Å². The van der Waals surface area contributed by atoms with Crippen molar-refractivity contribution < 1.29 is 4.74 Å². The maximum Gasteiger partial charge on any atom is 0.119 e. The van der Waals surface area contributed by atoms with Crippen LogP contribution in [0.5, 0.6) is 5.75 Å². The molecule has 0 atom stereocenters. The van der Waals surface area contributed by atoms with E-state index in [1.165, 1.54) is 12.0 Å². The molecule has 0 fully saturated rings. The monoisotopic (exact) mass is 178 g/mol. The Morgan fingerprint density at radius 3 is 2.69 bits per heavy atom. The Hall–Kier alpha value is -0.980. The zero-order valence-corrected chi connectivity index (χ0v) is 8.71. The number of benzene rings is 1. The second kappa shape index (κ2) is 4.90. The predicted molar refractivity (Wildman–Crippen MR) is 56.2 cm³/mol. The lowest BCUT2D eigenvalue weighted by atomic mass is 10.0. The van der Waals surface area contributed by atoms with Gasteiger partial charge < -0.3 is 4.74 Å². The largest absolute Gasteiger partial charge is 0.497 e. The van der Waals surface area contributed by atoms with Gasteiger partial charge in [-0.25, -0.2) is 0 Å². The third-order valence-electron chi connectivity index (χ3n) is 2.14. The van der Waals surface area contributed by atoms with Crippen LogP contribution in [-0.4, -0.2) is 7.11 Å². The highest BCUT2D eigenvalue weighted by atomic mass is 16.5. The van der Waals surface area contributed by atoms with Crippen molar-refractivity contribution in [2.45, 2.75) is 26.7 Å². The molecular formula is C12H18O. The van der Waals surface area contributed by atoms with Crippen molar-refractivity contribution in [3.63, 3.8) is 0 Å². The van der Waals surface area contributed by atoms with Gasteiger partial charge >= 0.3 is 0 Å². The molecule has 1 heteroatoms. The van der Waals surface area contributed by atoms with Crippen LogP contribution in [0.25, 0.3) is 0 Å². The van der Waals surface area contributed by atoms with Crippen LogP contribution >= 0.6 is 0 Å². The minimum absolute atomic E-state index is 0.770. The van der Waals surface area contributed by atoms with E-state index in [1.807, 2.05) is 6.07 Å². The van der Waals surface area contributed by atoms with Crippen molar-refractivity contribution in [2.24, 2.45) is 5.92 Å². The summed E-state index contributed by atoms with van der Waals surface area (Å²) in [5.74, 6) is 1.73. The van der Waals surface area contributed by atoms with Crippen LogP contribution in [0, 0.1) is 5.92 Å². The molecule has 0 radical (unpaired) electrons. The van der Waals surface area contributed by atoms with E-state index in [9.17, 15) is 0 Å². The van der Waals surface area contributed by atoms with Gasteiger partial charge in [-0.1, -0.05) is 26.0 Å². The summed E-state index contributed by atoms with van der Waals surface area (Å²) >= 11 is 0. The summed E-state index contributed by atoms with van der Waals surface area (Å²) < 4.78 is 5.16. The zero-order chi connectivity index (χ0) is 9.68. The van der Waals surface area contributed by atoms with Crippen molar-refractivity contribution in [3.8, 4) is 5.75 Å². The molecule has 0 aliphatic rings. The molecule has 0 aliphatic heterocycles. The molecule has 0 aromatic heterocycles. The number of aryl methyl sites for hydroxylation is 1. The Morgan fingerprint density at radius 2 is 2.08 bits per heavy atom. The Kier molecular flexibility index (Phi) is 3.81. The van der Waals surface area contributed by atoms with Crippen molar-refractivity contribution in [1.29, 1.82) is 0 Å². The second-order valence-corrected chi connectivity index (χ2v) is 3.78. The Labute approximate surface area is 80.7 Å². The molecule has 1 aromatic rings. The average Bonchev–Trinajstić information content (AvgIpc) is 2.15. The lowest BCUT2D eigenvalue weighted by Gasteiger charge is -2.06. The van der Waals surface area contributed by atoms with Gasteiger partial charge in [0.25, 0.3) is 0 Å². The fraction of sp³-hybridized carbons (Fsp3) is 0.500. The molecule has 0 aliphatic carbocycles. The smallest absolute Gasteiger partial charge is 0.119 e. The average molecular weight is 178 g/mol. The molecule has 72 valence electrons. The number of hydrogen-bond donors (Lipinski definition) is 0. The van der Waals surface area contributed by atoms with Crippen molar-refractivity contribution >= 4 is 0 Å². The summed E-state index contributed by atoms with van der Waals surface area (Å²) in [5, 5.41) is 0. The summed E-state index contributed by atoms with van der Waals surface area (Å²) in [4.78, 5) is 0. The van der Waals surface area contributed by atoms with Gasteiger partial charge in [0.1, 0.15) is 5.75 Å². The molecule has 13 heavy (non-hydrogen) atoms. The first-order valence-electron chi connectivity index (χ1n) is 4.85. The molecular weight excluding hydrogens is 160 g/mol. The minimum Gasteiger partial charge on any atom is -0.497 e. The van der Waals surface area contributed by atoms with Crippen LogP contribution in [0.15, 0.2) is 24.3 Å². The quantitative estimate of drug-likeness (QED) is 0.687. The first-order valence-corrected chi connectivity index (χ1v) is 4.85.